The van der Waals surface area contributed by atoms with Crippen LogP contribution in [0.2, 0.25) is 0 Å². The Morgan fingerprint density at radius 2 is 1.68 bits per heavy atom. The third-order valence-electron chi connectivity index (χ3n) is 4.45. The molecule has 2 heterocycles. The van der Waals surface area contributed by atoms with E-state index in [1.807, 2.05) is 0 Å². The monoisotopic (exact) mass is 381 g/mol. The Labute approximate surface area is 159 Å². The van der Waals surface area contributed by atoms with Gasteiger partial charge in [-0.2, -0.15) is 0 Å². The number of amides is 2. The Hall–Kier alpha value is -3.75. The summed E-state index contributed by atoms with van der Waals surface area (Å²) in [7, 11) is 4.32. The molecular weight excluding hydrogens is 362 g/mol. The first-order chi connectivity index (χ1) is 13.3. The molecule has 3 rings (SSSR count). The van der Waals surface area contributed by atoms with Gasteiger partial charge in [0.1, 0.15) is 17.4 Å². The van der Waals surface area contributed by atoms with Crippen LogP contribution in [0, 0.1) is 0 Å². The fraction of sp³-hybridized carbons (Fsp3) is 0.211. The minimum atomic E-state index is -0.913. The molecule has 1 aromatic carbocycles. The minimum Gasteiger partial charge on any atom is -0.357 e. The molecule has 0 spiro atoms. The third-order valence-corrected chi connectivity index (χ3v) is 4.45. The smallest absolute Gasteiger partial charge is 0.332 e. The van der Waals surface area contributed by atoms with Gasteiger partial charge in [0.25, 0.3) is 11.5 Å². The molecule has 1 unspecified atom stereocenters. The number of aryl methyl sites for hydroxylation is 1. The summed E-state index contributed by atoms with van der Waals surface area (Å²) in [5.74, 6) is -0.992. The molecule has 2 N–H and O–H groups in total. The van der Waals surface area contributed by atoms with E-state index in [0.29, 0.717) is 5.56 Å². The topological polar surface area (TPSA) is 115 Å². The van der Waals surface area contributed by atoms with Crippen molar-refractivity contribution in [2.24, 2.45) is 14.1 Å². The van der Waals surface area contributed by atoms with E-state index in [-0.39, 0.29) is 22.6 Å². The molecule has 1 atom stereocenters. The number of aromatic nitrogens is 3. The molecule has 9 heteroatoms. The van der Waals surface area contributed by atoms with Gasteiger partial charge in [0.05, 0.1) is 5.39 Å². The quantitative estimate of drug-likeness (QED) is 0.652. The standard InChI is InChI=1S/C19H19N5O4/c1-20-17(26)14(11-7-5-4-6-8-11)22-16(25)13-10-9-12-15(21-13)23(2)19(28)24(3)18(12)27/h4-10,14H,1-3H3,(H,20,26)(H,22,25). The maximum Gasteiger partial charge on any atom is 0.332 e. The summed E-state index contributed by atoms with van der Waals surface area (Å²) in [5, 5.41) is 5.37. The number of pyridine rings is 1. The van der Waals surface area contributed by atoms with Crippen LogP contribution in [-0.4, -0.2) is 33.0 Å². The van der Waals surface area contributed by atoms with E-state index in [1.165, 1.54) is 37.8 Å². The number of nitrogens with zero attached hydrogens (tertiary/aromatic N) is 3. The number of nitrogens with one attached hydrogen (secondary N) is 2. The lowest BCUT2D eigenvalue weighted by atomic mass is 10.1. The number of benzene rings is 1. The summed E-state index contributed by atoms with van der Waals surface area (Å²) in [4.78, 5) is 53.5. The summed E-state index contributed by atoms with van der Waals surface area (Å²) < 4.78 is 2.17. The predicted molar refractivity (Wildman–Crippen MR) is 103 cm³/mol. The highest BCUT2D eigenvalue weighted by atomic mass is 16.2. The average molecular weight is 381 g/mol. The van der Waals surface area contributed by atoms with Crippen molar-refractivity contribution in [2.75, 3.05) is 7.05 Å². The van der Waals surface area contributed by atoms with E-state index < -0.39 is 23.2 Å². The van der Waals surface area contributed by atoms with Gasteiger partial charge in [0.15, 0.2) is 0 Å². The molecule has 9 nitrogen and oxygen atoms in total. The number of carbonyl (C=O) groups excluding carboxylic acids is 2. The first kappa shape index (κ1) is 19.0. The van der Waals surface area contributed by atoms with Crippen LogP contribution >= 0.6 is 0 Å². The summed E-state index contributed by atoms with van der Waals surface area (Å²) in [6.07, 6.45) is 0. The van der Waals surface area contributed by atoms with Crippen LogP contribution in [0.3, 0.4) is 0 Å². The second-order valence-corrected chi connectivity index (χ2v) is 6.20. The van der Waals surface area contributed by atoms with Gasteiger partial charge in [-0.1, -0.05) is 30.3 Å². The molecule has 0 bridgehead atoms. The van der Waals surface area contributed by atoms with Gasteiger partial charge in [0.2, 0.25) is 5.91 Å². The number of carbonyl (C=O) groups is 2. The number of rotatable bonds is 4. The van der Waals surface area contributed by atoms with Gasteiger partial charge in [-0.05, 0) is 17.7 Å². The number of hydrogen-bond donors (Lipinski definition) is 2. The molecular formula is C19H19N5O4. The summed E-state index contributed by atoms with van der Waals surface area (Å²) in [6.45, 7) is 0. The van der Waals surface area contributed by atoms with Crippen molar-refractivity contribution in [3.8, 4) is 0 Å². The van der Waals surface area contributed by atoms with Crippen LogP contribution in [0.4, 0.5) is 0 Å². The average Bonchev–Trinajstić information content (AvgIpc) is 2.73. The normalized spacial score (nSPS) is 11.8. The lowest BCUT2D eigenvalue weighted by molar-refractivity contribution is -0.122. The summed E-state index contributed by atoms with van der Waals surface area (Å²) in [6, 6.07) is 10.7. The molecule has 0 saturated heterocycles. The van der Waals surface area contributed by atoms with E-state index in [9.17, 15) is 19.2 Å². The first-order valence-corrected chi connectivity index (χ1v) is 8.49. The molecule has 0 aliphatic heterocycles. The fourth-order valence-electron chi connectivity index (χ4n) is 2.88. The number of hydrogen-bond acceptors (Lipinski definition) is 5. The van der Waals surface area contributed by atoms with Crippen LogP contribution in [0.5, 0.6) is 0 Å². The molecule has 144 valence electrons. The van der Waals surface area contributed by atoms with E-state index in [2.05, 4.69) is 15.6 Å². The minimum absolute atomic E-state index is 0.0133. The van der Waals surface area contributed by atoms with Crippen molar-refractivity contribution in [1.82, 2.24) is 24.8 Å². The van der Waals surface area contributed by atoms with Gasteiger partial charge in [-0.15, -0.1) is 0 Å². The Kier molecular flexibility index (Phi) is 5.08. The highest BCUT2D eigenvalue weighted by Gasteiger charge is 2.23. The van der Waals surface area contributed by atoms with Crippen LogP contribution in [0.25, 0.3) is 11.0 Å². The van der Waals surface area contributed by atoms with Crippen LogP contribution in [0.1, 0.15) is 22.1 Å². The second kappa shape index (κ2) is 7.47. The molecule has 3 aromatic rings. The second-order valence-electron chi connectivity index (χ2n) is 6.20. The molecule has 28 heavy (non-hydrogen) atoms. The van der Waals surface area contributed by atoms with Crippen molar-refractivity contribution in [3.05, 3.63) is 74.6 Å². The third kappa shape index (κ3) is 3.29. The van der Waals surface area contributed by atoms with E-state index in [4.69, 9.17) is 0 Å². The van der Waals surface area contributed by atoms with Crippen LogP contribution in [0.15, 0.2) is 52.1 Å². The van der Waals surface area contributed by atoms with Crippen molar-refractivity contribution in [2.45, 2.75) is 6.04 Å². The first-order valence-electron chi connectivity index (χ1n) is 8.49. The zero-order valence-electron chi connectivity index (χ0n) is 15.6. The van der Waals surface area contributed by atoms with E-state index in [1.54, 1.807) is 30.3 Å². The highest BCUT2D eigenvalue weighted by Crippen LogP contribution is 2.14. The van der Waals surface area contributed by atoms with E-state index in [0.717, 1.165) is 4.57 Å². The van der Waals surface area contributed by atoms with E-state index >= 15 is 0 Å². The fourth-order valence-corrected chi connectivity index (χ4v) is 2.88. The molecule has 2 aromatic heterocycles. The summed E-state index contributed by atoms with van der Waals surface area (Å²) in [5.41, 5.74) is -0.352. The number of fused-ring (bicyclic) bond motifs is 1. The molecule has 2 amide bonds. The molecule has 0 radical (unpaired) electrons. The van der Waals surface area contributed by atoms with Crippen LogP contribution in [-0.2, 0) is 18.9 Å². The Morgan fingerprint density at radius 1 is 1.00 bits per heavy atom. The van der Waals surface area contributed by atoms with Crippen molar-refractivity contribution in [3.63, 3.8) is 0 Å². The van der Waals surface area contributed by atoms with Gasteiger partial charge in [0, 0.05) is 21.1 Å². The van der Waals surface area contributed by atoms with Crippen molar-refractivity contribution >= 4 is 22.8 Å². The summed E-state index contributed by atoms with van der Waals surface area (Å²) >= 11 is 0. The van der Waals surface area contributed by atoms with Gasteiger partial charge in [-0.3, -0.25) is 23.5 Å². The SMILES string of the molecule is CNC(=O)C(NC(=O)c1ccc2c(=O)n(C)c(=O)n(C)c2n1)c1ccccc1. The Balaban J connectivity index is 2.02. The predicted octanol–water partition coefficient (Wildman–Crippen LogP) is -0.151. The van der Waals surface area contributed by atoms with Crippen molar-refractivity contribution in [1.29, 1.82) is 0 Å². The molecule has 0 saturated carbocycles. The van der Waals surface area contributed by atoms with Crippen LogP contribution < -0.4 is 21.9 Å². The number of likely N-dealkylation sites (N-methyl/N-ethyl adjacent to an activating group) is 1. The maximum absolute atomic E-state index is 12.7. The molecule has 0 fully saturated rings. The largest absolute Gasteiger partial charge is 0.357 e. The molecule has 0 aliphatic carbocycles. The maximum atomic E-state index is 12.7. The van der Waals surface area contributed by atoms with Gasteiger partial charge >= 0.3 is 5.69 Å². The zero-order valence-corrected chi connectivity index (χ0v) is 15.6. The highest BCUT2D eigenvalue weighted by molar-refractivity contribution is 5.97. The van der Waals surface area contributed by atoms with Gasteiger partial charge in [-0.25, -0.2) is 9.78 Å². The Morgan fingerprint density at radius 3 is 2.32 bits per heavy atom. The Bertz CT molecular complexity index is 1180. The lowest BCUT2D eigenvalue weighted by Crippen LogP contribution is -2.40. The molecule has 0 aliphatic rings. The van der Waals surface area contributed by atoms with Crippen molar-refractivity contribution < 1.29 is 9.59 Å². The zero-order chi connectivity index (χ0) is 20.4. The van der Waals surface area contributed by atoms with Gasteiger partial charge < -0.3 is 10.6 Å². The lowest BCUT2D eigenvalue weighted by Gasteiger charge is -2.17.